The standard InChI is InChI=1S/C30H40O9/c1-10-7-13-20-19-12(26(33)28(35)29(13)38-5)8-15(36-3)22-16(37-4)9-14(32)21(24(19)22)25-23(20)17(10)18(11(2)31)30(39-6)27(25)34/h12,14-16,18-25,27,30,32,34H,7-9H2,1-6H3. The SMILES string of the molecule is COC1=C2CC(C)=C3C(C(C)=O)C(OC)C(O)C4C3C2C2C(CC(OC)C3C(OC)CC(O)C4C32)C(=O)C1=O. The Labute approximate surface area is 228 Å². The third-order valence-corrected chi connectivity index (χ3v) is 11.4. The maximum atomic E-state index is 13.9. The van der Waals surface area contributed by atoms with Crippen LogP contribution in [0.3, 0.4) is 0 Å². The number of fused-ring (bicyclic) bond motifs is 1. The van der Waals surface area contributed by atoms with E-state index in [1.807, 2.05) is 6.92 Å². The van der Waals surface area contributed by atoms with Gasteiger partial charge in [0, 0.05) is 45.5 Å². The zero-order valence-electron chi connectivity index (χ0n) is 23.5. The van der Waals surface area contributed by atoms with E-state index in [2.05, 4.69) is 0 Å². The molecule has 9 nitrogen and oxygen atoms in total. The molecule has 214 valence electrons. The Morgan fingerprint density at radius 2 is 1.51 bits per heavy atom. The van der Waals surface area contributed by atoms with E-state index in [0.717, 1.165) is 16.7 Å². The molecule has 0 amide bonds. The van der Waals surface area contributed by atoms with Gasteiger partial charge in [0.05, 0.1) is 43.5 Å². The minimum Gasteiger partial charge on any atom is -0.493 e. The predicted octanol–water partition coefficient (Wildman–Crippen LogP) is 1.50. The minimum atomic E-state index is -1.02. The molecule has 6 rings (SSSR count). The average molecular weight is 545 g/mol. The second-order valence-corrected chi connectivity index (χ2v) is 12.6. The van der Waals surface area contributed by atoms with Crippen LogP contribution in [0.1, 0.15) is 33.1 Å². The van der Waals surface area contributed by atoms with E-state index in [9.17, 15) is 24.6 Å². The number of hydrogen-bond donors (Lipinski definition) is 2. The molecule has 39 heavy (non-hydrogen) atoms. The van der Waals surface area contributed by atoms with Crippen LogP contribution in [0, 0.1) is 53.3 Å². The van der Waals surface area contributed by atoms with Crippen LogP contribution in [0.4, 0.5) is 0 Å². The second kappa shape index (κ2) is 9.58. The van der Waals surface area contributed by atoms with E-state index in [4.69, 9.17) is 18.9 Å². The van der Waals surface area contributed by atoms with E-state index in [-0.39, 0.29) is 59.3 Å². The van der Waals surface area contributed by atoms with Crippen LogP contribution in [-0.2, 0) is 33.3 Å². The van der Waals surface area contributed by atoms with Crippen molar-refractivity contribution in [2.75, 3.05) is 28.4 Å². The van der Waals surface area contributed by atoms with Gasteiger partial charge < -0.3 is 29.2 Å². The number of allylic oxidation sites excluding steroid dienone is 3. The molecule has 14 unspecified atom stereocenters. The smallest absolute Gasteiger partial charge is 0.263 e. The highest BCUT2D eigenvalue weighted by Gasteiger charge is 2.70. The molecule has 14 atom stereocenters. The first-order valence-corrected chi connectivity index (χ1v) is 14.1. The predicted molar refractivity (Wildman–Crippen MR) is 137 cm³/mol. The molecule has 2 N–H and O–H groups in total. The largest absolute Gasteiger partial charge is 0.493 e. The summed E-state index contributed by atoms with van der Waals surface area (Å²) in [5.41, 5.74) is 2.67. The molecule has 0 radical (unpaired) electrons. The number of ether oxygens (including phenoxy) is 4. The van der Waals surface area contributed by atoms with Crippen LogP contribution in [-0.4, -0.2) is 86.5 Å². The highest BCUT2D eigenvalue weighted by atomic mass is 16.5. The van der Waals surface area contributed by atoms with Gasteiger partial charge in [-0.3, -0.25) is 14.4 Å². The summed E-state index contributed by atoms with van der Waals surface area (Å²) in [5, 5.41) is 23.8. The fourth-order valence-corrected chi connectivity index (χ4v) is 10.4. The number of aliphatic hydroxyl groups is 2. The Morgan fingerprint density at radius 1 is 0.846 bits per heavy atom. The maximum absolute atomic E-state index is 13.9. The molecule has 6 aliphatic carbocycles. The molecule has 9 heteroatoms. The van der Waals surface area contributed by atoms with E-state index in [1.54, 1.807) is 14.2 Å². The van der Waals surface area contributed by atoms with E-state index >= 15 is 0 Å². The Bertz CT molecular complexity index is 1160. The van der Waals surface area contributed by atoms with Gasteiger partial charge in [0.2, 0.25) is 5.78 Å². The van der Waals surface area contributed by atoms with Crippen molar-refractivity contribution >= 4 is 17.3 Å². The van der Waals surface area contributed by atoms with Crippen molar-refractivity contribution < 1.29 is 43.5 Å². The number of ketones is 3. The quantitative estimate of drug-likeness (QED) is 0.391. The zero-order chi connectivity index (χ0) is 28.1. The van der Waals surface area contributed by atoms with Gasteiger partial charge in [-0.2, -0.15) is 0 Å². The van der Waals surface area contributed by atoms with Crippen LogP contribution >= 0.6 is 0 Å². The van der Waals surface area contributed by atoms with Crippen molar-refractivity contribution in [3.8, 4) is 0 Å². The Morgan fingerprint density at radius 3 is 2.10 bits per heavy atom. The molecule has 0 aromatic rings. The van der Waals surface area contributed by atoms with Crippen molar-refractivity contribution in [1.29, 1.82) is 0 Å². The zero-order valence-corrected chi connectivity index (χ0v) is 23.5. The first kappa shape index (κ1) is 27.3. The summed E-state index contributed by atoms with van der Waals surface area (Å²) < 4.78 is 23.4. The van der Waals surface area contributed by atoms with E-state index < -0.39 is 47.6 Å². The van der Waals surface area contributed by atoms with Crippen LogP contribution in [0.2, 0.25) is 0 Å². The van der Waals surface area contributed by atoms with Crippen LogP contribution in [0.15, 0.2) is 22.5 Å². The molecule has 0 saturated heterocycles. The summed E-state index contributed by atoms with van der Waals surface area (Å²) in [6.45, 7) is 3.50. The second-order valence-electron chi connectivity index (χ2n) is 12.6. The van der Waals surface area contributed by atoms with Crippen LogP contribution in [0.5, 0.6) is 0 Å². The topological polar surface area (TPSA) is 129 Å². The molecule has 0 spiro atoms. The maximum Gasteiger partial charge on any atom is 0.263 e. The molecule has 4 saturated carbocycles. The molecular formula is C30H40O9. The number of methoxy groups -OCH3 is 4. The van der Waals surface area contributed by atoms with Gasteiger partial charge in [0.15, 0.2) is 5.76 Å². The summed E-state index contributed by atoms with van der Waals surface area (Å²) in [6, 6.07) is 0. The van der Waals surface area contributed by atoms with Gasteiger partial charge in [-0.25, -0.2) is 0 Å². The number of Topliss-reactive ketones (excluding diaryl/α,β-unsaturated/α-hetero) is 3. The Balaban J connectivity index is 1.67. The number of carbonyl (C=O) groups is 3. The fraction of sp³-hybridized carbons (Fsp3) is 0.767. The molecule has 0 heterocycles. The number of hydrogen-bond acceptors (Lipinski definition) is 9. The van der Waals surface area contributed by atoms with Gasteiger partial charge in [0.1, 0.15) is 5.78 Å². The van der Waals surface area contributed by atoms with Crippen molar-refractivity contribution in [2.45, 2.75) is 63.6 Å². The summed E-state index contributed by atoms with van der Waals surface area (Å²) in [5.74, 6) is -4.41. The van der Waals surface area contributed by atoms with Gasteiger partial charge in [-0.15, -0.1) is 0 Å². The van der Waals surface area contributed by atoms with Crippen LogP contribution in [0.25, 0.3) is 0 Å². The average Bonchev–Trinajstić information content (AvgIpc) is 3.00. The lowest BCUT2D eigenvalue weighted by Crippen LogP contribution is -2.70. The Kier molecular flexibility index (Phi) is 6.70. The number of carbonyl (C=O) groups excluding carboxylic acids is 3. The van der Waals surface area contributed by atoms with Crippen molar-refractivity contribution in [1.82, 2.24) is 0 Å². The molecule has 4 fully saturated rings. The summed E-state index contributed by atoms with van der Waals surface area (Å²) >= 11 is 0. The summed E-state index contributed by atoms with van der Waals surface area (Å²) in [4.78, 5) is 40.7. The van der Waals surface area contributed by atoms with Crippen molar-refractivity contribution in [3.63, 3.8) is 0 Å². The monoisotopic (exact) mass is 544 g/mol. The highest BCUT2D eigenvalue weighted by molar-refractivity contribution is 6.44. The minimum absolute atomic E-state index is 0.0860. The van der Waals surface area contributed by atoms with E-state index in [0.29, 0.717) is 19.3 Å². The molecule has 0 aromatic carbocycles. The van der Waals surface area contributed by atoms with Crippen LogP contribution < -0.4 is 0 Å². The normalized spacial score (nSPS) is 48.5. The lowest BCUT2D eigenvalue weighted by molar-refractivity contribution is -0.243. The highest BCUT2D eigenvalue weighted by Crippen LogP contribution is 2.68. The third-order valence-electron chi connectivity index (χ3n) is 11.4. The van der Waals surface area contributed by atoms with Gasteiger partial charge >= 0.3 is 0 Å². The molecule has 0 aliphatic heterocycles. The molecule has 0 bridgehead atoms. The van der Waals surface area contributed by atoms with Gasteiger partial charge in [-0.05, 0) is 61.9 Å². The molecule has 0 aromatic heterocycles. The van der Waals surface area contributed by atoms with Crippen molar-refractivity contribution in [3.05, 3.63) is 22.5 Å². The number of aliphatic hydroxyl groups excluding tert-OH is 2. The van der Waals surface area contributed by atoms with Gasteiger partial charge in [-0.1, -0.05) is 11.1 Å². The van der Waals surface area contributed by atoms with Crippen molar-refractivity contribution in [2.24, 2.45) is 53.3 Å². The fourth-order valence-electron chi connectivity index (χ4n) is 10.4. The first-order chi connectivity index (χ1) is 18.6. The summed E-state index contributed by atoms with van der Waals surface area (Å²) in [7, 11) is 6.21. The number of rotatable bonds is 5. The third kappa shape index (κ3) is 3.46. The Hall–Kier alpha value is -1.91. The van der Waals surface area contributed by atoms with E-state index in [1.165, 1.54) is 21.1 Å². The lowest BCUT2D eigenvalue weighted by atomic mass is 9.39. The first-order valence-electron chi connectivity index (χ1n) is 14.1. The van der Waals surface area contributed by atoms with Gasteiger partial charge in [0.25, 0.3) is 5.78 Å². The molecule has 6 aliphatic rings. The molecular weight excluding hydrogens is 504 g/mol. The lowest BCUT2D eigenvalue weighted by Gasteiger charge is -2.67. The summed E-state index contributed by atoms with van der Waals surface area (Å²) in [6.07, 6.45) is -2.04.